The van der Waals surface area contributed by atoms with Crippen molar-refractivity contribution in [3.63, 3.8) is 0 Å². The van der Waals surface area contributed by atoms with Crippen molar-refractivity contribution in [2.24, 2.45) is 0 Å². The number of hydrogen-bond donors (Lipinski definition) is 0. The first-order valence-corrected chi connectivity index (χ1v) is 20.4. The zero-order chi connectivity index (χ0) is 39.1. The number of para-hydroxylation sites is 6. The van der Waals surface area contributed by atoms with E-state index in [4.69, 9.17) is 27.1 Å². The molecule has 6 aromatic rings. The fraction of sp³-hybridized carbons (Fsp3) is 0.0476. The summed E-state index contributed by atoms with van der Waals surface area (Å²) in [5, 5.41) is 0. The molecule has 282 valence electrons. The van der Waals surface area contributed by atoms with Gasteiger partial charge in [-0.2, -0.15) is 0 Å². The van der Waals surface area contributed by atoms with Crippen LogP contribution in [0.3, 0.4) is 0 Å². The summed E-state index contributed by atoms with van der Waals surface area (Å²) in [6.45, 7) is 2.18. The molecule has 0 unspecified atom stereocenters. The van der Waals surface area contributed by atoms with Crippen LogP contribution in [0, 0.1) is 0 Å². The fourth-order valence-corrected chi connectivity index (χ4v) is 6.67. The van der Waals surface area contributed by atoms with E-state index < -0.39 is 54.7 Å². The molecule has 0 heterocycles. The predicted molar refractivity (Wildman–Crippen MR) is 208 cm³/mol. The SMILES string of the molecule is CC(=O)[C](=O)[Ru][C](=O)C(C)=O.c1ccc(OP(Oc2ccccc2)Oc2ccccc2)cc1.c1ccc(OP(Oc2ccccc2)Oc2ccccc2)cc1. The molecule has 6 aromatic carbocycles. The van der Waals surface area contributed by atoms with Gasteiger partial charge in [-0.1, -0.05) is 109 Å². The summed E-state index contributed by atoms with van der Waals surface area (Å²) in [6.07, 6.45) is 0. The van der Waals surface area contributed by atoms with Crippen LogP contribution in [0.1, 0.15) is 13.8 Å². The Morgan fingerprint density at radius 2 is 0.491 bits per heavy atom. The van der Waals surface area contributed by atoms with Gasteiger partial charge in [-0.25, -0.2) is 0 Å². The maximum Gasteiger partial charge on any atom is 0.530 e. The standard InChI is InChI=1S/2C18H15O3P.2C3H3O2.Ru/c2*1-4-10-16(11-5-1)19-22(20-17-12-6-2-7-13-17)21-18-14-8-3-9-15-18;2*1-3(5)2-4;/h2*1-15H;2*1H3;. The second-order valence-electron chi connectivity index (χ2n) is 10.6. The molecule has 0 atom stereocenters. The van der Waals surface area contributed by atoms with E-state index in [2.05, 4.69) is 0 Å². The minimum absolute atomic E-state index is 0.655. The van der Waals surface area contributed by atoms with E-state index in [1.807, 2.05) is 182 Å². The monoisotopic (exact) mass is 864 g/mol. The smallest absolute Gasteiger partial charge is 0.409 e. The second-order valence-corrected chi connectivity index (χ2v) is 14.6. The zero-order valence-electron chi connectivity index (χ0n) is 29.7. The molecule has 0 bridgehead atoms. The average Bonchev–Trinajstić information content (AvgIpc) is 3.20. The van der Waals surface area contributed by atoms with Crippen molar-refractivity contribution < 1.29 is 63.4 Å². The number of Topliss-reactive ketones (excluding diaryl/α,β-unsaturated/α-hetero) is 2. The topological polar surface area (TPSA) is 124 Å². The molecule has 0 aliphatic rings. The van der Waals surface area contributed by atoms with Gasteiger partial charge in [0.15, 0.2) is 0 Å². The number of rotatable bonds is 16. The first kappa shape index (κ1) is 42.0. The van der Waals surface area contributed by atoms with Crippen LogP contribution < -0.4 is 27.1 Å². The fourth-order valence-electron chi connectivity index (χ4n) is 3.71. The van der Waals surface area contributed by atoms with Crippen LogP contribution >= 0.6 is 17.2 Å². The number of ketones is 2. The van der Waals surface area contributed by atoms with Crippen LogP contribution in [0.5, 0.6) is 34.5 Å². The van der Waals surface area contributed by atoms with Crippen LogP contribution in [0.4, 0.5) is 0 Å². The number of carbonyl (C=O) groups is 4. The normalized spacial score (nSPS) is 10.0. The Balaban J connectivity index is 0.000000195. The summed E-state index contributed by atoms with van der Waals surface area (Å²) < 4.78 is 33.6. The average molecular weight is 864 g/mol. The van der Waals surface area contributed by atoms with E-state index in [0.29, 0.717) is 34.5 Å². The Labute approximate surface area is 329 Å². The maximum atomic E-state index is 10.6. The van der Waals surface area contributed by atoms with Crippen molar-refractivity contribution in [2.75, 3.05) is 0 Å². The summed E-state index contributed by atoms with van der Waals surface area (Å²) in [4.78, 5) is 41.8. The van der Waals surface area contributed by atoms with Crippen LogP contribution in [0.2, 0.25) is 0 Å². The molecule has 0 aromatic heterocycles. The minimum Gasteiger partial charge on any atom is -0.409 e. The number of benzene rings is 6. The third-order valence-electron chi connectivity index (χ3n) is 6.24. The van der Waals surface area contributed by atoms with Gasteiger partial charge in [0, 0.05) is 0 Å². The molecule has 0 amide bonds. The molecule has 0 spiro atoms. The van der Waals surface area contributed by atoms with Crippen molar-refractivity contribution in [1.82, 2.24) is 0 Å². The van der Waals surface area contributed by atoms with Crippen LogP contribution in [0.15, 0.2) is 182 Å². The van der Waals surface area contributed by atoms with Gasteiger partial charge in [0.25, 0.3) is 0 Å². The summed E-state index contributed by atoms with van der Waals surface area (Å²) in [6, 6.07) is 57.0. The van der Waals surface area contributed by atoms with Gasteiger partial charge in [-0.05, 0) is 72.8 Å². The van der Waals surface area contributed by atoms with Gasteiger partial charge in [0.05, 0.1) is 0 Å². The zero-order valence-corrected chi connectivity index (χ0v) is 33.2. The Morgan fingerprint density at radius 1 is 0.327 bits per heavy atom. The van der Waals surface area contributed by atoms with E-state index in [0.717, 1.165) is 13.8 Å². The molecule has 0 fully saturated rings. The minimum atomic E-state index is -1.59. The first-order valence-electron chi connectivity index (χ1n) is 16.5. The quantitative estimate of drug-likeness (QED) is 0.0528. The van der Waals surface area contributed by atoms with E-state index in [1.165, 1.54) is 0 Å². The van der Waals surface area contributed by atoms with Crippen molar-refractivity contribution in [1.29, 1.82) is 0 Å². The molecule has 0 saturated carbocycles. The van der Waals surface area contributed by atoms with Gasteiger partial charge >= 0.3 is 87.7 Å². The molecule has 10 nitrogen and oxygen atoms in total. The molecule has 0 N–H and O–H groups in total. The van der Waals surface area contributed by atoms with Crippen molar-refractivity contribution >= 4 is 37.5 Å². The molecule has 6 rings (SSSR count). The van der Waals surface area contributed by atoms with Gasteiger partial charge in [0.1, 0.15) is 34.5 Å². The first-order chi connectivity index (χ1) is 26.7. The molecule has 55 heavy (non-hydrogen) atoms. The van der Waals surface area contributed by atoms with Crippen LogP contribution in [-0.4, -0.2) is 20.3 Å². The van der Waals surface area contributed by atoms with E-state index in [-0.39, 0.29) is 0 Å². The molecule has 0 aliphatic heterocycles. The Hall–Kier alpha value is -5.72. The Kier molecular flexibility index (Phi) is 18.2. The van der Waals surface area contributed by atoms with Gasteiger partial charge in [-0.3, -0.25) is 0 Å². The third-order valence-corrected chi connectivity index (χ3v) is 10.4. The number of carbonyl (C=O) groups excluding carboxylic acids is 4. The van der Waals surface area contributed by atoms with Gasteiger partial charge in [-0.15, -0.1) is 0 Å². The van der Waals surface area contributed by atoms with Crippen molar-refractivity contribution in [2.45, 2.75) is 13.8 Å². The molecule has 0 aliphatic carbocycles. The van der Waals surface area contributed by atoms with Gasteiger partial charge in [0.2, 0.25) is 0 Å². The predicted octanol–water partition coefficient (Wildman–Crippen LogP) is 10.2. The second kappa shape index (κ2) is 23.8. The molecule has 0 saturated heterocycles. The van der Waals surface area contributed by atoms with Gasteiger partial charge < -0.3 is 27.1 Å². The molecular formula is C42H36O10P2Ru. The van der Waals surface area contributed by atoms with E-state index in [9.17, 15) is 19.2 Å². The summed E-state index contributed by atoms with van der Waals surface area (Å²) in [5.41, 5.74) is 0. The van der Waals surface area contributed by atoms with Crippen LogP contribution in [-0.2, 0) is 36.3 Å². The Bertz CT molecular complexity index is 1680. The van der Waals surface area contributed by atoms with Crippen molar-refractivity contribution in [3.8, 4) is 34.5 Å². The van der Waals surface area contributed by atoms with Crippen LogP contribution in [0.25, 0.3) is 0 Å². The van der Waals surface area contributed by atoms with E-state index >= 15 is 0 Å². The van der Waals surface area contributed by atoms with Crippen molar-refractivity contribution in [3.05, 3.63) is 182 Å². The Morgan fingerprint density at radius 3 is 0.636 bits per heavy atom. The summed E-state index contributed by atoms with van der Waals surface area (Å²) in [5.74, 6) is 2.94. The largest absolute Gasteiger partial charge is 0.530 e. The molecular weight excluding hydrogens is 827 g/mol. The third kappa shape index (κ3) is 16.9. The summed E-state index contributed by atoms with van der Waals surface area (Å²) in [7, 11) is -3.18. The van der Waals surface area contributed by atoms with E-state index in [1.54, 1.807) is 0 Å². The maximum absolute atomic E-state index is 10.6. The summed E-state index contributed by atoms with van der Waals surface area (Å²) >= 11 is -1.38. The molecule has 13 heteroatoms. The molecule has 0 radical (unpaired) electrons. The number of hydrogen-bond acceptors (Lipinski definition) is 10.